The average molecular weight is 614 g/mol. The van der Waals surface area contributed by atoms with Gasteiger partial charge in [0.15, 0.2) is 0 Å². The first kappa shape index (κ1) is 29.5. The van der Waals surface area contributed by atoms with E-state index in [4.69, 9.17) is 4.43 Å². The van der Waals surface area contributed by atoms with E-state index in [2.05, 4.69) is 106 Å². The standard InChI is InChI=1S/C28H29OSi.C3H6.2ClH.Zr/c1-30(2,3)29-17-9-12-22-18-20-10-5-7-14-24(20)28(22)26-16-8-15-25-23-13-6-4-11-21(23)19-27(25)26;1-3-2;;;/h4-8,10-11,13-16,18-19,28H,9,12,17H2,1-3H3;1-2H3;2*1H;/q;;;;+2/p-2. The van der Waals surface area contributed by atoms with E-state index >= 15 is 0 Å². The van der Waals surface area contributed by atoms with Crippen molar-refractivity contribution in [3.05, 3.63) is 100 Å². The van der Waals surface area contributed by atoms with Crippen LogP contribution in [0.2, 0.25) is 19.6 Å². The second-order valence-corrected chi connectivity index (χ2v) is 19.9. The molecule has 0 spiro atoms. The van der Waals surface area contributed by atoms with Crippen LogP contribution in [0.25, 0.3) is 17.2 Å². The van der Waals surface area contributed by atoms with E-state index in [1.54, 1.807) is 25.5 Å². The van der Waals surface area contributed by atoms with Crippen LogP contribution in [0.1, 0.15) is 64.1 Å². The van der Waals surface area contributed by atoms with E-state index in [0.717, 1.165) is 19.4 Å². The van der Waals surface area contributed by atoms with E-state index in [1.807, 2.05) is 0 Å². The summed E-state index contributed by atoms with van der Waals surface area (Å²) in [6.07, 6.45) is 4.67. The molecule has 2 aliphatic carbocycles. The van der Waals surface area contributed by atoms with Crippen molar-refractivity contribution in [2.75, 3.05) is 6.61 Å². The third-order valence-electron chi connectivity index (χ3n) is 6.90. The Balaban J connectivity index is 0.00000180. The van der Waals surface area contributed by atoms with Gasteiger partial charge in [0.2, 0.25) is 0 Å². The van der Waals surface area contributed by atoms with Crippen LogP contribution in [0.4, 0.5) is 0 Å². The number of rotatable bonds is 7. The summed E-state index contributed by atoms with van der Waals surface area (Å²) in [7, 11) is -1.47. The second-order valence-electron chi connectivity index (χ2n) is 10.8. The summed E-state index contributed by atoms with van der Waals surface area (Å²) < 4.78 is 8.48. The Kier molecular flexibility index (Phi) is 9.97. The van der Waals surface area contributed by atoms with E-state index in [0.29, 0.717) is 9.54 Å². The maximum Gasteiger partial charge on any atom is -1.00 e. The molecule has 0 aliphatic heterocycles. The molecule has 36 heavy (non-hydrogen) atoms. The molecule has 0 saturated heterocycles. The first-order valence-corrected chi connectivity index (χ1v) is 18.6. The zero-order valence-electron chi connectivity index (χ0n) is 21.9. The van der Waals surface area contributed by atoms with E-state index in [9.17, 15) is 0 Å². The van der Waals surface area contributed by atoms with Crippen molar-refractivity contribution in [2.24, 2.45) is 0 Å². The number of benzene rings is 3. The summed E-state index contributed by atoms with van der Waals surface area (Å²) in [6.45, 7) is 12.4. The van der Waals surface area contributed by atoms with Gasteiger partial charge in [0.25, 0.3) is 0 Å². The van der Waals surface area contributed by atoms with Crippen LogP contribution in [0.15, 0.2) is 72.3 Å². The van der Waals surface area contributed by atoms with Gasteiger partial charge in [-0.1, -0.05) is 0 Å². The van der Waals surface area contributed by atoms with Gasteiger partial charge in [0, 0.05) is 0 Å². The first-order chi connectivity index (χ1) is 16.3. The molecule has 0 saturated carbocycles. The monoisotopic (exact) mass is 611 g/mol. The Labute approximate surface area is 241 Å². The van der Waals surface area contributed by atoms with Crippen molar-refractivity contribution in [3.8, 4) is 11.1 Å². The predicted octanol–water partition coefficient (Wildman–Crippen LogP) is 2.22. The van der Waals surface area contributed by atoms with E-state index in [1.165, 1.54) is 22.3 Å². The van der Waals surface area contributed by atoms with Crippen molar-refractivity contribution in [2.45, 2.75) is 55.9 Å². The normalized spacial score (nSPS) is 17.1. The summed E-state index contributed by atoms with van der Waals surface area (Å²) in [4.78, 5) is 0. The van der Waals surface area contributed by atoms with Crippen LogP contribution in [-0.4, -0.2) is 18.1 Å². The molecule has 2 atom stereocenters. The van der Waals surface area contributed by atoms with Crippen molar-refractivity contribution >= 4 is 17.6 Å². The molecule has 5 rings (SSSR count). The summed E-state index contributed by atoms with van der Waals surface area (Å²) in [5.41, 5.74) is 12.1. The molecule has 1 nitrogen and oxygen atoms in total. The zero-order valence-corrected chi connectivity index (χ0v) is 26.8. The zero-order chi connectivity index (χ0) is 23.9. The van der Waals surface area contributed by atoms with Gasteiger partial charge in [-0.15, -0.1) is 0 Å². The van der Waals surface area contributed by atoms with Gasteiger partial charge in [0.05, 0.1) is 0 Å². The van der Waals surface area contributed by atoms with Crippen LogP contribution in [-0.2, 0) is 27.2 Å². The van der Waals surface area contributed by atoms with Gasteiger partial charge in [0.1, 0.15) is 0 Å². The van der Waals surface area contributed by atoms with Crippen LogP contribution >= 0.6 is 0 Å². The Morgan fingerprint density at radius 3 is 2.17 bits per heavy atom. The Morgan fingerprint density at radius 1 is 0.806 bits per heavy atom. The van der Waals surface area contributed by atoms with Gasteiger partial charge in [-0.25, -0.2) is 0 Å². The molecule has 2 unspecified atom stereocenters. The Hall–Kier alpha value is -1.09. The summed E-state index contributed by atoms with van der Waals surface area (Å²) >= 11 is -0.725. The minimum absolute atomic E-state index is 0. The SMILES string of the molecule is C[C](C)=[Zr+2][CH]1c2ccccc2-c2cccc(C3C(CCCO[Si](C)(C)C)=Cc4ccccc43)c21.[Cl-].[Cl-]. The van der Waals surface area contributed by atoms with Gasteiger partial charge in [-0.2, -0.15) is 0 Å². The number of hydrogen-bond acceptors (Lipinski definition) is 1. The van der Waals surface area contributed by atoms with Gasteiger partial charge < -0.3 is 24.8 Å². The maximum absolute atomic E-state index is 6.20. The fourth-order valence-electron chi connectivity index (χ4n) is 5.61. The van der Waals surface area contributed by atoms with E-state index in [-0.39, 0.29) is 24.8 Å². The topological polar surface area (TPSA) is 9.23 Å². The fourth-order valence-corrected chi connectivity index (χ4v) is 9.93. The molecule has 3 aromatic rings. The quantitative estimate of drug-likeness (QED) is 0.294. The van der Waals surface area contributed by atoms with Crippen molar-refractivity contribution in [1.82, 2.24) is 0 Å². The van der Waals surface area contributed by atoms with Crippen molar-refractivity contribution in [3.63, 3.8) is 0 Å². The number of allylic oxidation sites excluding steroid dienone is 1. The van der Waals surface area contributed by atoms with Crippen molar-refractivity contribution < 1.29 is 52.0 Å². The molecule has 0 amide bonds. The summed E-state index contributed by atoms with van der Waals surface area (Å²) in [5, 5.41) is 0. The van der Waals surface area contributed by atoms with Crippen LogP contribution in [0, 0.1) is 0 Å². The minimum atomic E-state index is -1.47. The predicted molar refractivity (Wildman–Crippen MR) is 145 cm³/mol. The molecule has 0 radical (unpaired) electrons. The van der Waals surface area contributed by atoms with Gasteiger partial charge in [-0.3, -0.25) is 0 Å². The smallest absolute Gasteiger partial charge is 1.00 e. The first-order valence-electron chi connectivity index (χ1n) is 12.6. The molecule has 0 fully saturated rings. The molecule has 2 aliphatic rings. The number of fused-ring (bicyclic) bond motifs is 4. The molecule has 0 aromatic heterocycles. The largest absolute Gasteiger partial charge is 1.00 e. The van der Waals surface area contributed by atoms with Crippen LogP contribution in [0.3, 0.4) is 0 Å². The van der Waals surface area contributed by atoms with E-state index < -0.39 is 31.1 Å². The van der Waals surface area contributed by atoms with Crippen LogP contribution < -0.4 is 24.8 Å². The molecular weight excluding hydrogens is 579 g/mol. The Bertz CT molecular complexity index is 1290. The molecule has 5 heteroatoms. The molecule has 3 aromatic carbocycles. The molecule has 187 valence electrons. The third-order valence-corrected chi connectivity index (χ3v) is 11.6. The molecule has 0 N–H and O–H groups in total. The summed E-state index contributed by atoms with van der Waals surface area (Å²) in [5.74, 6) is 0.367. The maximum atomic E-state index is 6.20. The molecular formula is C31H35Cl2OSiZr. The fraction of sp³-hybridized carbons (Fsp3) is 0.323. The number of hydrogen-bond donors (Lipinski definition) is 0. The van der Waals surface area contributed by atoms with Crippen LogP contribution in [0.5, 0.6) is 0 Å². The number of halogens is 2. The minimum Gasteiger partial charge on any atom is -1.00 e. The molecule has 0 bridgehead atoms. The average Bonchev–Trinajstić information content (AvgIpc) is 3.32. The summed E-state index contributed by atoms with van der Waals surface area (Å²) in [6, 6.07) is 25.3. The second kappa shape index (κ2) is 12.2. The van der Waals surface area contributed by atoms with Gasteiger partial charge >= 0.3 is 219 Å². The Morgan fingerprint density at radius 2 is 1.44 bits per heavy atom. The third kappa shape index (κ3) is 5.97. The molecule has 0 heterocycles. The van der Waals surface area contributed by atoms with Crippen molar-refractivity contribution in [1.29, 1.82) is 0 Å². The van der Waals surface area contributed by atoms with Gasteiger partial charge in [-0.05, 0) is 0 Å².